The number of carbonyl (C=O) groups is 1. The summed E-state index contributed by atoms with van der Waals surface area (Å²) in [6.07, 6.45) is 0. The summed E-state index contributed by atoms with van der Waals surface area (Å²) in [7, 11) is 0. The van der Waals surface area contributed by atoms with Gasteiger partial charge in [-0.25, -0.2) is 9.37 Å². The number of para-hydroxylation sites is 1. The monoisotopic (exact) mass is 373 g/mol. The Morgan fingerprint density at radius 3 is 2.50 bits per heavy atom. The third kappa shape index (κ3) is 3.27. The third-order valence-corrected chi connectivity index (χ3v) is 4.41. The number of aromatic nitrogens is 2. The van der Waals surface area contributed by atoms with E-state index >= 15 is 0 Å². The number of anilines is 1. The van der Waals surface area contributed by atoms with E-state index < -0.39 is 11.7 Å². The molecule has 1 aromatic heterocycles. The Kier molecular flexibility index (Phi) is 4.45. The number of benzene rings is 3. The summed E-state index contributed by atoms with van der Waals surface area (Å²) in [5, 5.41) is 3.25. The maximum atomic E-state index is 13.3. The number of carbonyl (C=O) groups excluding carboxylic acids is 1. The van der Waals surface area contributed by atoms with Crippen molar-refractivity contribution in [2.75, 3.05) is 5.32 Å². The van der Waals surface area contributed by atoms with E-state index in [9.17, 15) is 14.0 Å². The van der Waals surface area contributed by atoms with Crippen LogP contribution in [0.3, 0.4) is 0 Å². The minimum Gasteiger partial charge on any atom is -0.322 e. The predicted octanol–water partition coefficient (Wildman–Crippen LogP) is 4.09. The Labute approximate surface area is 160 Å². The van der Waals surface area contributed by atoms with Crippen molar-refractivity contribution in [2.45, 2.75) is 6.92 Å². The molecule has 0 unspecified atom stereocenters. The van der Waals surface area contributed by atoms with Gasteiger partial charge in [-0.15, -0.1) is 0 Å². The Morgan fingerprint density at radius 2 is 1.75 bits per heavy atom. The molecule has 0 saturated heterocycles. The van der Waals surface area contributed by atoms with E-state index in [1.807, 2.05) is 6.07 Å². The van der Waals surface area contributed by atoms with E-state index in [0.29, 0.717) is 28.1 Å². The molecule has 28 heavy (non-hydrogen) atoms. The van der Waals surface area contributed by atoms with Gasteiger partial charge in [0.05, 0.1) is 16.6 Å². The van der Waals surface area contributed by atoms with Gasteiger partial charge in [-0.3, -0.25) is 14.2 Å². The number of nitrogens with one attached hydrogen (secondary N) is 1. The quantitative estimate of drug-likeness (QED) is 0.588. The number of fused-ring (bicyclic) bond motifs is 1. The summed E-state index contributed by atoms with van der Waals surface area (Å²) in [6.45, 7) is 1.77. The van der Waals surface area contributed by atoms with Crippen molar-refractivity contribution < 1.29 is 9.18 Å². The Bertz CT molecular complexity index is 1250. The maximum Gasteiger partial charge on any atom is 0.265 e. The molecule has 6 heteroatoms. The van der Waals surface area contributed by atoms with Gasteiger partial charge in [0.1, 0.15) is 11.6 Å². The van der Waals surface area contributed by atoms with E-state index in [-0.39, 0.29) is 11.1 Å². The highest BCUT2D eigenvalue weighted by atomic mass is 19.1. The van der Waals surface area contributed by atoms with Gasteiger partial charge in [-0.05, 0) is 61.5 Å². The SMILES string of the molecule is Cc1nc2ccccc2c(=O)n1-c1ccc(NC(=O)c2cccc(F)c2)cc1. The number of aryl methyl sites for hydroxylation is 1. The number of hydrogen-bond acceptors (Lipinski definition) is 3. The van der Waals surface area contributed by atoms with Crippen molar-refractivity contribution >= 4 is 22.5 Å². The highest BCUT2D eigenvalue weighted by molar-refractivity contribution is 6.04. The van der Waals surface area contributed by atoms with Gasteiger partial charge in [0.15, 0.2) is 0 Å². The minimum atomic E-state index is -0.471. The molecule has 1 heterocycles. The molecule has 5 nitrogen and oxygen atoms in total. The van der Waals surface area contributed by atoms with Crippen LogP contribution in [0.4, 0.5) is 10.1 Å². The van der Waals surface area contributed by atoms with Crippen LogP contribution in [0, 0.1) is 12.7 Å². The molecule has 0 aliphatic rings. The molecule has 0 spiro atoms. The van der Waals surface area contributed by atoms with E-state index in [4.69, 9.17) is 0 Å². The lowest BCUT2D eigenvalue weighted by molar-refractivity contribution is 0.102. The van der Waals surface area contributed by atoms with Gasteiger partial charge >= 0.3 is 0 Å². The van der Waals surface area contributed by atoms with Crippen LogP contribution in [-0.4, -0.2) is 15.5 Å². The zero-order valence-corrected chi connectivity index (χ0v) is 15.0. The van der Waals surface area contributed by atoms with Crippen LogP contribution >= 0.6 is 0 Å². The van der Waals surface area contributed by atoms with Crippen molar-refractivity contribution in [1.82, 2.24) is 9.55 Å². The van der Waals surface area contributed by atoms with Gasteiger partial charge in [0.2, 0.25) is 0 Å². The van der Waals surface area contributed by atoms with Crippen molar-refractivity contribution in [3.8, 4) is 5.69 Å². The zero-order chi connectivity index (χ0) is 19.7. The lowest BCUT2D eigenvalue weighted by Gasteiger charge is -2.12. The average molecular weight is 373 g/mol. The summed E-state index contributed by atoms with van der Waals surface area (Å²) < 4.78 is 14.8. The Balaban J connectivity index is 1.65. The first kappa shape index (κ1) is 17.6. The molecule has 1 amide bonds. The fourth-order valence-electron chi connectivity index (χ4n) is 3.07. The fourth-order valence-corrected chi connectivity index (χ4v) is 3.07. The maximum absolute atomic E-state index is 13.3. The second-order valence-electron chi connectivity index (χ2n) is 6.33. The van der Waals surface area contributed by atoms with Crippen LogP contribution in [-0.2, 0) is 0 Å². The summed E-state index contributed by atoms with van der Waals surface area (Å²) in [6, 6.07) is 19.5. The van der Waals surface area contributed by atoms with Crippen molar-refractivity contribution in [3.63, 3.8) is 0 Å². The molecule has 0 saturated carbocycles. The van der Waals surface area contributed by atoms with Gasteiger partial charge in [-0.1, -0.05) is 18.2 Å². The summed E-state index contributed by atoms with van der Waals surface area (Å²) in [5.74, 6) is -0.310. The first-order chi connectivity index (χ1) is 13.5. The molecule has 0 bridgehead atoms. The zero-order valence-electron chi connectivity index (χ0n) is 15.0. The van der Waals surface area contributed by atoms with E-state index in [0.717, 1.165) is 0 Å². The Hall–Kier alpha value is -3.80. The van der Waals surface area contributed by atoms with Crippen LogP contribution in [0.1, 0.15) is 16.2 Å². The lowest BCUT2D eigenvalue weighted by atomic mass is 10.2. The van der Waals surface area contributed by atoms with Crippen molar-refractivity contribution in [2.24, 2.45) is 0 Å². The molecular weight excluding hydrogens is 357 g/mol. The molecule has 0 radical (unpaired) electrons. The minimum absolute atomic E-state index is 0.153. The van der Waals surface area contributed by atoms with Crippen molar-refractivity contribution in [1.29, 1.82) is 0 Å². The largest absolute Gasteiger partial charge is 0.322 e. The van der Waals surface area contributed by atoms with Crippen LogP contribution in [0.25, 0.3) is 16.6 Å². The van der Waals surface area contributed by atoms with E-state index in [1.165, 1.54) is 28.8 Å². The Morgan fingerprint density at radius 1 is 1.00 bits per heavy atom. The molecule has 0 atom stereocenters. The molecule has 138 valence electrons. The van der Waals surface area contributed by atoms with Gasteiger partial charge in [0, 0.05) is 11.3 Å². The molecule has 0 fully saturated rings. The number of hydrogen-bond donors (Lipinski definition) is 1. The van der Waals surface area contributed by atoms with Crippen molar-refractivity contribution in [3.05, 3.63) is 100 Å². The third-order valence-electron chi connectivity index (χ3n) is 4.41. The topological polar surface area (TPSA) is 64.0 Å². The standard InChI is InChI=1S/C22H16FN3O2/c1-14-24-20-8-3-2-7-19(20)22(28)26(14)18-11-9-17(10-12-18)25-21(27)15-5-4-6-16(23)13-15/h2-13H,1H3,(H,25,27). The second kappa shape index (κ2) is 7.08. The molecular formula is C22H16FN3O2. The van der Waals surface area contributed by atoms with Crippen LogP contribution in [0.2, 0.25) is 0 Å². The number of rotatable bonds is 3. The van der Waals surface area contributed by atoms with E-state index in [2.05, 4.69) is 10.3 Å². The highest BCUT2D eigenvalue weighted by Gasteiger charge is 2.11. The molecule has 4 aromatic rings. The van der Waals surface area contributed by atoms with Crippen LogP contribution in [0.15, 0.2) is 77.6 Å². The summed E-state index contributed by atoms with van der Waals surface area (Å²) >= 11 is 0. The van der Waals surface area contributed by atoms with Gasteiger partial charge in [0.25, 0.3) is 11.5 Å². The highest BCUT2D eigenvalue weighted by Crippen LogP contribution is 2.16. The smallest absolute Gasteiger partial charge is 0.265 e. The molecule has 4 rings (SSSR count). The predicted molar refractivity (Wildman–Crippen MR) is 106 cm³/mol. The first-order valence-electron chi connectivity index (χ1n) is 8.69. The van der Waals surface area contributed by atoms with Crippen LogP contribution in [0.5, 0.6) is 0 Å². The lowest BCUT2D eigenvalue weighted by Crippen LogP contribution is -2.22. The number of halogens is 1. The molecule has 0 aliphatic carbocycles. The fraction of sp³-hybridized carbons (Fsp3) is 0.0455. The number of nitrogens with zero attached hydrogens (tertiary/aromatic N) is 2. The van der Waals surface area contributed by atoms with E-state index in [1.54, 1.807) is 49.4 Å². The van der Waals surface area contributed by atoms with Gasteiger partial charge < -0.3 is 5.32 Å². The normalized spacial score (nSPS) is 10.8. The summed E-state index contributed by atoms with van der Waals surface area (Å²) in [5.41, 5.74) is 1.91. The van der Waals surface area contributed by atoms with Crippen LogP contribution < -0.4 is 10.9 Å². The molecule has 0 aliphatic heterocycles. The average Bonchev–Trinajstić information content (AvgIpc) is 2.69. The second-order valence-corrected chi connectivity index (χ2v) is 6.33. The first-order valence-corrected chi connectivity index (χ1v) is 8.69. The summed E-state index contributed by atoms with van der Waals surface area (Å²) in [4.78, 5) is 29.6. The molecule has 3 aromatic carbocycles. The number of amides is 1. The van der Waals surface area contributed by atoms with Gasteiger partial charge in [-0.2, -0.15) is 0 Å². The molecule has 1 N–H and O–H groups in total.